The predicted molar refractivity (Wildman–Crippen MR) is 99.0 cm³/mol. The summed E-state index contributed by atoms with van der Waals surface area (Å²) >= 11 is 24.4. The molecule has 3 nitrogen and oxygen atoms in total. The Morgan fingerprint density at radius 2 is 1.87 bits per heavy atom. The second kappa shape index (κ2) is 6.46. The molecule has 0 saturated carbocycles. The summed E-state index contributed by atoms with van der Waals surface area (Å²) in [5, 5.41) is 3.81. The van der Waals surface area contributed by atoms with Crippen LogP contribution in [0, 0.1) is 0 Å². The summed E-state index contributed by atoms with van der Waals surface area (Å²) in [5.41, 5.74) is 2.06. The number of alkyl halides is 3. The number of halogens is 4. The maximum Gasteiger partial charge on any atom is 0.276 e. The number of nitrogens with one attached hydrogen (secondary N) is 1. The lowest BCUT2D eigenvalue weighted by Gasteiger charge is -2.12. The van der Waals surface area contributed by atoms with E-state index < -0.39 is 9.70 Å². The molecule has 0 radical (unpaired) electrons. The van der Waals surface area contributed by atoms with E-state index in [1.54, 1.807) is 18.2 Å². The summed E-state index contributed by atoms with van der Waals surface area (Å²) in [6.07, 6.45) is 0. The molecule has 0 unspecified atom stereocenters. The van der Waals surface area contributed by atoms with Gasteiger partial charge in [0.15, 0.2) is 0 Å². The van der Waals surface area contributed by atoms with Gasteiger partial charge in [0.2, 0.25) is 0 Å². The number of thiazole rings is 1. The van der Waals surface area contributed by atoms with Crippen molar-refractivity contribution in [1.82, 2.24) is 4.98 Å². The lowest BCUT2D eigenvalue weighted by molar-refractivity contribution is -0.115. The predicted octanol–water partition coefficient (Wildman–Crippen LogP) is 5.93. The molecule has 0 aliphatic heterocycles. The van der Waals surface area contributed by atoms with Crippen molar-refractivity contribution in [2.45, 2.75) is 3.79 Å². The Balaban J connectivity index is 1.99. The number of para-hydroxylation sites is 1. The molecular weight excluding hydrogens is 398 g/mol. The van der Waals surface area contributed by atoms with Gasteiger partial charge in [-0.25, -0.2) is 4.98 Å². The van der Waals surface area contributed by atoms with Gasteiger partial charge in [0, 0.05) is 11.3 Å². The fourth-order valence-corrected chi connectivity index (χ4v) is 3.36. The van der Waals surface area contributed by atoms with Crippen LogP contribution in [0.4, 0.5) is 5.69 Å². The SMILES string of the molecule is O=C(Nc1ccc(Cl)c(-c2nc3ccccc3s2)c1)C(Cl)(Cl)Cl. The number of carbonyl (C=O) groups is 1. The van der Waals surface area contributed by atoms with Gasteiger partial charge in [0.25, 0.3) is 9.70 Å². The van der Waals surface area contributed by atoms with Gasteiger partial charge in [0.1, 0.15) is 5.01 Å². The van der Waals surface area contributed by atoms with Gasteiger partial charge in [-0.05, 0) is 30.3 Å². The molecule has 0 aliphatic rings. The Kier molecular flexibility index (Phi) is 4.72. The highest BCUT2D eigenvalue weighted by Gasteiger charge is 2.30. The zero-order chi connectivity index (χ0) is 16.6. The van der Waals surface area contributed by atoms with Crippen LogP contribution in [-0.4, -0.2) is 14.7 Å². The quantitative estimate of drug-likeness (QED) is 0.537. The third kappa shape index (κ3) is 3.73. The number of carbonyl (C=O) groups excluding carboxylic acids is 1. The molecule has 1 heterocycles. The van der Waals surface area contributed by atoms with Gasteiger partial charge in [-0.2, -0.15) is 0 Å². The molecule has 0 spiro atoms. The molecule has 1 aromatic heterocycles. The molecule has 8 heteroatoms. The first-order valence-electron chi connectivity index (χ1n) is 6.38. The Bertz CT molecular complexity index is 856. The second-order valence-electron chi connectivity index (χ2n) is 4.63. The Morgan fingerprint density at radius 3 is 2.57 bits per heavy atom. The fourth-order valence-electron chi connectivity index (χ4n) is 1.96. The van der Waals surface area contributed by atoms with Crippen molar-refractivity contribution in [2.24, 2.45) is 0 Å². The van der Waals surface area contributed by atoms with Crippen molar-refractivity contribution in [3.05, 3.63) is 47.5 Å². The van der Waals surface area contributed by atoms with Crippen LogP contribution in [0.1, 0.15) is 0 Å². The molecule has 0 saturated heterocycles. The van der Waals surface area contributed by atoms with Gasteiger partial charge in [-0.1, -0.05) is 58.5 Å². The second-order valence-corrected chi connectivity index (χ2v) is 8.35. The van der Waals surface area contributed by atoms with E-state index in [2.05, 4.69) is 10.3 Å². The molecule has 0 bridgehead atoms. The van der Waals surface area contributed by atoms with Crippen LogP contribution >= 0.6 is 57.7 Å². The third-order valence-electron chi connectivity index (χ3n) is 3.01. The van der Waals surface area contributed by atoms with Crippen LogP contribution in [0.5, 0.6) is 0 Å². The maximum atomic E-state index is 11.8. The number of anilines is 1. The normalized spacial score (nSPS) is 11.7. The van der Waals surface area contributed by atoms with Crippen LogP contribution in [0.2, 0.25) is 5.02 Å². The van der Waals surface area contributed by atoms with Crippen molar-refractivity contribution in [2.75, 3.05) is 5.32 Å². The number of aromatic nitrogens is 1. The summed E-state index contributed by atoms with van der Waals surface area (Å²) in [6.45, 7) is 0. The average molecular weight is 406 g/mol. The number of hydrogen-bond acceptors (Lipinski definition) is 3. The first-order valence-corrected chi connectivity index (χ1v) is 8.71. The van der Waals surface area contributed by atoms with E-state index in [1.165, 1.54) is 11.3 Å². The van der Waals surface area contributed by atoms with Crippen molar-refractivity contribution in [1.29, 1.82) is 0 Å². The number of nitrogens with zero attached hydrogens (tertiary/aromatic N) is 1. The van der Waals surface area contributed by atoms with E-state index in [1.807, 2.05) is 24.3 Å². The van der Waals surface area contributed by atoms with Gasteiger partial charge < -0.3 is 5.32 Å². The summed E-state index contributed by atoms with van der Waals surface area (Å²) in [5.74, 6) is -0.736. The Labute approximate surface area is 156 Å². The molecule has 0 fully saturated rings. The highest BCUT2D eigenvalue weighted by molar-refractivity contribution is 7.21. The summed E-state index contributed by atoms with van der Waals surface area (Å²) in [4.78, 5) is 16.3. The summed E-state index contributed by atoms with van der Waals surface area (Å²) in [6, 6.07) is 12.8. The highest BCUT2D eigenvalue weighted by atomic mass is 35.6. The first kappa shape index (κ1) is 16.8. The molecular formula is C15H8Cl4N2OS. The van der Waals surface area contributed by atoms with Gasteiger partial charge in [0.05, 0.1) is 15.2 Å². The molecule has 0 aliphatic carbocycles. The smallest absolute Gasteiger partial charge is 0.276 e. The van der Waals surface area contributed by atoms with Gasteiger partial charge in [-0.15, -0.1) is 11.3 Å². The standard InChI is InChI=1S/C15H8Cl4N2OS/c16-10-6-5-8(20-14(22)15(17,18)19)7-9(10)13-21-11-3-1-2-4-12(11)23-13/h1-7H,(H,20,22). The fraction of sp³-hybridized carbons (Fsp3) is 0.0667. The van der Waals surface area contributed by atoms with Crippen LogP contribution < -0.4 is 5.32 Å². The van der Waals surface area contributed by atoms with E-state index in [-0.39, 0.29) is 0 Å². The van der Waals surface area contributed by atoms with Crippen LogP contribution in [-0.2, 0) is 4.79 Å². The molecule has 2 aromatic carbocycles. The van der Waals surface area contributed by atoms with E-state index in [4.69, 9.17) is 46.4 Å². The van der Waals surface area contributed by atoms with Crippen LogP contribution in [0.3, 0.4) is 0 Å². The molecule has 3 rings (SSSR count). The Hall–Kier alpha value is -1.04. The average Bonchev–Trinajstić information content (AvgIpc) is 2.91. The number of amides is 1. The van der Waals surface area contributed by atoms with E-state index >= 15 is 0 Å². The third-order valence-corrected chi connectivity index (χ3v) is 4.92. The van der Waals surface area contributed by atoms with Gasteiger partial charge >= 0.3 is 0 Å². The van der Waals surface area contributed by atoms with Gasteiger partial charge in [-0.3, -0.25) is 4.79 Å². The number of rotatable bonds is 2. The van der Waals surface area contributed by atoms with E-state index in [0.717, 1.165) is 15.2 Å². The van der Waals surface area contributed by atoms with Crippen LogP contribution in [0.15, 0.2) is 42.5 Å². The minimum Gasteiger partial charge on any atom is -0.322 e. The molecule has 23 heavy (non-hydrogen) atoms. The molecule has 0 atom stereocenters. The zero-order valence-electron chi connectivity index (χ0n) is 11.3. The van der Waals surface area contributed by atoms with Crippen molar-refractivity contribution in [3.63, 3.8) is 0 Å². The lowest BCUT2D eigenvalue weighted by atomic mass is 10.2. The molecule has 1 N–H and O–H groups in total. The summed E-state index contributed by atoms with van der Waals surface area (Å²) < 4.78 is -0.982. The van der Waals surface area contributed by atoms with Crippen molar-refractivity contribution < 1.29 is 4.79 Å². The minimum absolute atomic E-state index is 0.472. The summed E-state index contributed by atoms with van der Waals surface area (Å²) in [7, 11) is 0. The molecule has 3 aromatic rings. The van der Waals surface area contributed by atoms with Crippen LogP contribution in [0.25, 0.3) is 20.8 Å². The first-order chi connectivity index (χ1) is 10.8. The lowest BCUT2D eigenvalue weighted by Crippen LogP contribution is -2.26. The zero-order valence-corrected chi connectivity index (χ0v) is 15.2. The minimum atomic E-state index is -2.03. The van der Waals surface area contributed by atoms with Crippen molar-refractivity contribution >= 4 is 79.6 Å². The maximum absolute atomic E-state index is 11.8. The highest BCUT2D eigenvalue weighted by Crippen LogP contribution is 2.36. The van der Waals surface area contributed by atoms with E-state index in [9.17, 15) is 4.79 Å². The largest absolute Gasteiger partial charge is 0.322 e. The molecule has 118 valence electrons. The Morgan fingerprint density at radius 1 is 1.13 bits per heavy atom. The number of hydrogen-bond donors (Lipinski definition) is 1. The number of benzene rings is 2. The topological polar surface area (TPSA) is 42.0 Å². The number of fused-ring (bicyclic) bond motifs is 1. The van der Waals surface area contributed by atoms with Crippen molar-refractivity contribution in [3.8, 4) is 10.6 Å². The molecule has 1 amide bonds. The van der Waals surface area contributed by atoms with E-state index in [0.29, 0.717) is 16.3 Å². The monoisotopic (exact) mass is 404 g/mol.